The third kappa shape index (κ3) is 4.41. The quantitative estimate of drug-likeness (QED) is 0.848. The van der Waals surface area contributed by atoms with Crippen LogP contribution in [0.1, 0.15) is 18.5 Å². The van der Waals surface area contributed by atoms with Gasteiger partial charge in [0.25, 0.3) is 0 Å². The van der Waals surface area contributed by atoms with Gasteiger partial charge in [0.05, 0.1) is 19.7 Å². The fraction of sp³-hybridized carbons (Fsp3) is 0.533. The normalized spacial score (nSPS) is 17.3. The molecule has 0 aromatic heterocycles. The third-order valence-corrected chi connectivity index (χ3v) is 3.63. The molecule has 1 aromatic rings. The Hall–Kier alpha value is -1.66. The third-order valence-electron chi connectivity index (χ3n) is 3.63. The molecule has 0 bridgehead atoms. The topological polar surface area (TPSA) is 53.6 Å². The minimum atomic E-state index is -0.418. The van der Waals surface area contributed by atoms with Crippen molar-refractivity contribution in [1.82, 2.24) is 15.5 Å². The van der Waals surface area contributed by atoms with E-state index in [4.69, 9.17) is 4.74 Å². The second-order valence-electron chi connectivity index (χ2n) is 5.21. The van der Waals surface area contributed by atoms with Crippen molar-refractivity contribution in [3.8, 4) is 5.75 Å². The summed E-state index contributed by atoms with van der Waals surface area (Å²) >= 11 is 0. The standard InChI is InChI=1S/C15H22FN3O2/c1-11(12-3-4-14(21-2)13(16)9-12)18-15(20)10-19-7-5-17-6-8-19/h3-4,9,11,17H,5-8,10H2,1-2H3,(H,18,20). The maximum atomic E-state index is 13.7. The van der Waals surface area contributed by atoms with Crippen LogP contribution in [0.4, 0.5) is 4.39 Å². The monoisotopic (exact) mass is 295 g/mol. The highest BCUT2D eigenvalue weighted by atomic mass is 19.1. The second-order valence-corrected chi connectivity index (χ2v) is 5.21. The van der Waals surface area contributed by atoms with Gasteiger partial charge >= 0.3 is 0 Å². The van der Waals surface area contributed by atoms with Crippen LogP contribution in [0.5, 0.6) is 5.75 Å². The van der Waals surface area contributed by atoms with Gasteiger partial charge in [-0.25, -0.2) is 4.39 Å². The van der Waals surface area contributed by atoms with Crippen molar-refractivity contribution in [3.05, 3.63) is 29.6 Å². The Morgan fingerprint density at radius 2 is 2.19 bits per heavy atom. The van der Waals surface area contributed by atoms with Gasteiger partial charge in [-0.3, -0.25) is 9.69 Å². The lowest BCUT2D eigenvalue weighted by Crippen LogP contribution is -2.47. The second kappa shape index (κ2) is 7.38. The molecule has 1 atom stereocenters. The number of carbonyl (C=O) groups excluding carboxylic acids is 1. The van der Waals surface area contributed by atoms with Gasteiger partial charge in [-0.05, 0) is 24.6 Å². The Labute approximate surface area is 124 Å². The van der Waals surface area contributed by atoms with Gasteiger partial charge in [0, 0.05) is 26.2 Å². The Morgan fingerprint density at radius 1 is 1.48 bits per heavy atom. The van der Waals surface area contributed by atoms with E-state index in [1.54, 1.807) is 12.1 Å². The van der Waals surface area contributed by atoms with Crippen LogP contribution >= 0.6 is 0 Å². The van der Waals surface area contributed by atoms with Crippen molar-refractivity contribution in [2.75, 3.05) is 39.8 Å². The molecule has 6 heteroatoms. The maximum Gasteiger partial charge on any atom is 0.234 e. The molecular weight excluding hydrogens is 273 g/mol. The number of methoxy groups -OCH3 is 1. The van der Waals surface area contributed by atoms with E-state index in [-0.39, 0.29) is 17.7 Å². The summed E-state index contributed by atoms with van der Waals surface area (Å²) in [5.74, 6) is -0.253. The molecule has 0 saturated carbocycles. The molecule has 0 radical (unpaired) electrons. The average Bonchev–Trinajstić information content (AvgIpc) is 2.48. The lowest BCUT2D eigenvalue weighted by Gasteiger charge is -2.27. The van der Waals surface area contributed by atoms with E-state index in [9.17, 15) is 9.18 Å². The molecule has 1 amide bonds. The molecule has 21 heavy (non-hydrogen) atoms. The smallest absolute Gasteiger partial charge is 0.234 e. The van der Waals surface area contributed by atoms with Gasteiger partial charge in [-0.15, -0.1) is 0 Å². The van der Waals surface area contributed by atoms with Gasteiger partial charge in [0.2, 0.25) is 5.91 Å². The molecule has 1 aromatic carbocycles. The predicted molar refractivity (Wildman–Crippen MR) is 78.8 cm³/mol. The van der Waals surface area contributed by atoms with E-state index < -0.39 is 5.82 Å². The summed E-state index contributed by atoms with van der Waals surface area (Å²) in [5, 5.41) is 6.14. The average molecular weight is 295 g/mol. The number of carbonyl (C=O) groups is 1. The molecule has 1 aliphatic rings. The van der Waals surface area contributed by atoms with Crippen molar-refractivity contribution >= 4 is 5.91 Å². The molecule has 1 aliphatic heterocycles. The van der Waals surface area contributed by atoms with Crippen LogP contribution in [0.25, 0.3) is 0 Å². The zero-order chi connectivity index (χ0) is 15.2. The first-order valence-electron chi connectivity index (χ1n) is 7.16. The highest BCUT2D eigenvalue weighted by molar-refractivity contribution is 5.78. The summed E-state index contributed by atoms with van der Waals surface area (Å²) in [6.45, 7) is 5.79. The van der Waals surface area contributed by atoms with Crippen LogP contribution in [0, 0.1) is 5.82 Å². The van der Waals surface area contributed by atoms with Gasteiger partial charge in [0.1, 0.15) is 0 Å². The number of hydrogen-bond acceptors (Lipinski definition) is 4. The summed E-state index contributed by atoms with van der Waals surface area (Å²) < 4.78 is 18.6. The van der Waals surface area contributed by atoms with Crippen molar-refractivity contribution in [2.45, 2.75) is 13.0 Å². The molecule has 0 spiro atoms. The largest absolute Gasteiger partial charge is 0.494 e. The number of hydrogen-bond donors (Lipinski definition) is 2. The van der Waals surface area contributed by atoms with Gasteiger partial charge < -0.3 is 15.4 Å². The zero-order valence-corrected chi connectivity index (χ0v) is 12.5. The summed E-state index contributed by atoms with van der Waals surface area (Å²) in [6, 6.07) is 4.50. The van der Waals surface area contributed by atoms with Crippen LogP contribution in [-0.4, -0.2) is 50.6 Å². The highest BCUT2D eigenvalue weighted by Crippen LogP contribution is 2.21. The molecule has 116 valence electrons. The van der Waals surface area contributed by atoms with E-state index in [1.165, 1.54) is 13.2 Å². The number of ether oxygens (including phenoxy) is 1. The van der Waals surface area contributed by atoms with E-state index >= 15 is 0 Å². The Morgan fingerprint density at radius 3 is 2.81 bits per heavy atom. The van der Waals surface area contributed by atoms with E-state index in [0.29, 0.717) is 6.54 Å². The number of rotatable bonds is 5. The Kier molecular flexibility index (Phi) is 5.52. The summed E-state index contributed by atoms with van der Waals surface area (Å²) in [7, 11) is 1.43. The van der Waals surface area contributed by atoms with Gasteiger partial charge in [-0.2, -0.15) is 0 Å². The fourth-order valence-corrected chi connectivity index (χ4v) is 2.39. The van der Waals surface area contributed by atoms with Crippen LogP contribution in [-0.2, 0) is 4.79 Å². The molecule has 5 nitrogen and oxygen atoms in total. The van der Waals surface area contributed by atoms with Crippen molar-refractivity contribution in [3.63, 3.8) is 0 Å². The summed E-state index contributed by atoms with van der Waals surface area (Å²) in [4.78, 5) is 14.1. The number of piperazine rings is 1. The number of amides is 1. The molecule has 2 N–H and O–H groups in total. The molecule has 1 unspecified atom stereocenters. The number of benzene rings is 1. The number of nitrogens with zero attached hydrogens (tertiary/aromatic N) is 1. The van der Waals surface area contributed by atoms with Crippen LogP contribution in [0.15, 0.2) is 18.2 Å². The van der Waals surface area contributed by atoms with Crippen LogP contribution < -0.4 is 15.4 Å². The molecule has 2 rings (SSSR count). The van der Waals surface area contributed by atoms with E-state index in [1.807, 2.05) is 6.92 Å². The minimum absolute atomic E-state index is 0.0411. The summed E-state index contributed by atoms with van der Waals surface area (Å²) in [5.41, 5.74) is 0.724. The highest BCUT2D eigenvalue weighted by Gasteiger charge is 2.16. The molecular formula is C15H22FN3O2. The lowest BCUT2D eigenvalue weighted by molar-refractivity contribution is -0.123. The fourth-order valence-electron chi connectivity index (χ4n) is 2.39. The number of nitrogens with one attached hydrogen (secondary N) is 2. The van der Waals surface area contributed by atoms with Gasteiger partial charge in [0.15, 0.2) is 11.6 Å². The maximum absolute atomic E-state index is 13.7. The minimum Gasteiger partial charge on any atom is -0.494 e. The van der Waals surface area contributed by atoms with Crippen molar-refractivity contribution in [2.24, 2.45) is 0 Å². The first kappa shape index (κ1) is 15.7. The van der Waals surface area contributed by atoms with Crippen molar-refractivity contribution < 1.29 is 13.9 Å². The van der Waals surface area contributed by atoms with E-state index in [0.717, 1.165) is 31.7 Å². The molecule has 0 aliphatic carbocycles. The predicted octanol–water partition coefficient (Wildman–Crippen LogP) is 0.917. The van der Waals surface area contributed by atoms with Crippen molar-refractivity contribution in [1.29, 1.82) is 0 Å². The van der Waals surface area contributed by atoms with Crippen LogP contribution in [0.3, 0.4) is 0 Å². The SMILES string of the molecule is COc1ccc(C(C)NC(=O)CN2CCNCC2)cc1F. The molecule has 1 saturated heterocycles. The first-order valence-corrected chi connectivity index (χ1v) is 7.16. The lowest BCUT2D eigenvalue weighted by atomic mass is 10.1. The Balaban J connectivity index is 1.89. The van der Waals surface area contributed by atoms with Gasteiger partial charge in [-0.1, -0.05) is 6.07 Å². The summed E-state index contributed by atoms with van der Waals surface area (Å²) in [6.07, 6.45) is 0. The first-order chi connectivity index (χ1) is 10.1. The van der Waals surface area contributed by atoms with E-state index in [2.05, 4.69) is 15.5 Å². The molecule has 1 fully saturated rings. The Bertz CT molecular complexity index is 490. The zero-order valence-electron chi connectivity index (χ0n) is 12.5. The molecule has 1 heterocycles. The number of halogens is 1. The van der Waals surface area contributed by atoms with Crippen LogP contribution in [0.2, 0.25) is 0 Å².